The van der Waals surface area contributed by atoms with Crippen molar-refractivity contribution in [3.8, 4) is 0 Å². The van der Waals surface area contributed by atoms with Crippen LogP contribution in [-0.4, -0.2) is 18.2 Å². The molecule has 0 aromatic carbocycles. The molecule has 0 radical (unpaired) electrons. The lowest BCUT2D eigenvalue weighted by Gasteiger charge is -2.40. The first-order valence-electron chi connectivity index (χ1n) is 6.20. The van der Waals surface area contributed by atoms with Gasteiger partial charge in [-0.05, 0) is 43.9 Å². The van der Waals surface area contributed by atoms with Crippen molar-refractivity contribution in [3.63, 3.8) is 0 Å². The molecule has 2 spiro atoms. The summed E-state index contributed by atoms with van der Waals surface area (Å²) in [7, 11) is 0. The second-order valence-corrected chi connectivity index (χ2v) is 5.67. The van der Waals surface area contributed by atoms with E-state index in [1.807, 2.05) is 0 Å². The normalized spacial score (nSPS) is 31.9. The third-order valence-corrected chi connectivity index (χ3v) is 4.74. The third-order valence-electron chi connectivity index (χ3n) is 4.74. The van der Waals surface area contributed by atoms with Gasteiger partial charge < -0.3 is 10.5 Å². The van der Waals surface area contributed by atoms with E-state index in [1.165, 1.54) is 51.4 Å². The Labute approximate surface area is 91.1 Å². The SMILES string of the molecule is NC1=NC2(CCC3(CCCC3)CC2)CO1. The molecule has 0 saturated heterocycles. The second-order valence-electron chi connectivity index (χ2n) is 5.67. The van der Waals surface area contributed by atoms with E-state index in [-0.39, 0.29) is 5.54 Å². The maximum Gasteiger partial charge on any atom is 0.282 e. The molecule has 0 aromatic heterocycles. The Morgan fingerprint density at radius 2 is 1.67 bits per heavy atom. The molecule has 2 fully saturated rings. The van der Waals surface area contributed by atoms with Gasteiger partial charge in [0.05, 0.1) is 0 Å². The van der Waals surface area contributed by atoms with E-state index in [1.54, 1.807) is 0 Å². The molecule has 3 rings (SSSR count). The van der Waals surface area contributed by atoms with E-state index in [0.717, 1.165) is 6.61 Å². The summed E-state index contributed by atoms with van der Waals surface area (Å²) in [6.45, 7) is 0.731. The second kappa shape index (κ2) is 3.13. The predicted octanol–water partition coefficient (Wildman–Crippen LogP) is 2.20. The molecule has 1 heterocycles. The van der Waals surface area contributed by atoms with Gasteiger partial charge in [-0.15, -0.1) is 0 Å². The highest BCUT2D eigenvalue weighted by Gasteiger charge is 2.46. The van der Waals surface area contributed by atoms with Gasteiger partial charge in [0.1, 0.15) is 12.1 Å². The molecule has 3 heteroatoms. The van der Waals surface area contributed by atoms with Crippen LogP contribution in [0.3, 0.4) is 0 Å². The first-order chi connectivity index (χ1) is 7.22. The zero-order valence-electron chi connectivity index (χ0n) is 9.30. The Morgan fingerprint density at radius 3 is 2.20 bits per heavy atom. The van der Waals surface area contributed by atoms with E-state index < -0.39 is 0 Å². The zero-order valence-corrected chi connectivity index (χ0v) is 9.30. The fraction of sp³-hybridized carbons (Fsp3) is 0.917. The Hall–Kier alpha value is -0.730. The average Bonchev–Trinajstić information content (AvgIpc) is 2.81. The predicted molar refractivity (Wildman–Crippen MR) is 59.7 cm³/mol. The van der Waals surface area contributed by atoms with Crippen LogP contribution in [0, 0.1) is 5.41 Å². The Morgan fingerprint density at radius 1 is 1.00 bits per heavy atom. The first-order valence-corrected chi connectivity index (χ1v) is 6.20. The van der Waals surface area contributed by atoms with E-state index in [4.69, 9.17) is 10.5 Å². The van der Waals surface area contributed by atoms with Gasteiger partial charge in [0.2, 0.25) is 0 Å². The molecular formula is C12H20N2O. The van der Waals surface area contributed by atoms with Crippen molar-refractivity contribution in [2.75, 3.05) is 6.61 Å². The van der Waals surface area contributed by atoms with E-state index in [2.05, 4.69) is 4.99 Å². The monoisotopic (exact) mass is 208 g/mol. The third kappa shape index (κ3) is 1.52. The van der Waals surface area contributed by atoms with Crippen molar-refractivity contribution < 1.29 is 4.74 Å². The van der Waals surface area contributed by atoms with E-state index in [9.17, 15) is 0 Å². The summed E-state index contributed by atoms with van der Waals surface area (Å²) in [6.07, 6.45) is 10.8. The van der Waals surface area contributed by atoms with Gasteiger partial charge in [-0.25, -0.2) is 4.99 Å². The van der Waals surface area contributed by atoms with Crippen LogP contribution in [0.1, 0.15) is 51.4 Å². The molecule has 0 aromatic rings. The topological polar surface area (TPSA) is 47.6 Å². The van der Waals surface area contributed by atoms with Crippen LogP contribution in [0.25, 0.3) is 0 Å². The van der Waals surface area contributed by atoms with E-state index >= 15 is 0 Å². The lowest BCUT2D eigenvalue weighted by atomic mass is 9.67. The number of nitrogens with zero attached hydrogens (tertiary/aromatic N) is 1. The maximum atomic E-state index is 5.61. The molecule has 15 heavy (non-hydrogen) atoms. The lowest BCUT2D eigenvalue weighted by molar-refractivity contribution is 0.113. The number of ether oxygens (including phenoxy) is 1. The minimum absolute atomic E-state index is 0.0674. The van der Waals surface area contributed by atoms with Gasteiger partial charge in [0, 0.05) is 0 Å². The van der Waals surface area contributed by atoms with Crippen molar-refractivity contribution in [2.24, 2.45) is 16.1 Å². The smallest absolute Gasteiger partial charge is 0.282 e. The summed E-state index contributed by atoms with van der Waals surface area (Å²) in [6, 6.07) is 0.414. The summed E-state index contributed by atoms with van der Waals surface area (Å²) in [5, 5.41) is 0. The van der Waals surface area contributed by atoms with Crippen LogP contribution in [0.2, 0.25) is 0 Å². The summed E-state index contributed by atoms with van der Waals surface area (Å²) in [5.74, 6) is 0. The highest BCUT2D eigenvalue weighted by Crippen LogP contribution is 2.52. The molecule has 0 amide bonds. The Bertz CT molecular complexity index is 282. The minimum Gasteiger partial charge on any atom is -0.463 e. The molecule has 2 aliphatic carbocycles. The van der Waals surface area contributed by atoms with Gasteiger partial charge in [-0.1, -0.05) is 12.8 Å². The van der Waals surface area contributed by atoms with Crippen molar-refractivity contribution in [3.05, 3.63) is 0 Å². The maximum absolute atomic E-state index is 5.61. The minimum atomic E-state index is 0.0674. The quantitative estimate of drug-likeness (QED) is 0.663. The Balaban J connectivity index is 1.70. The summed E-state index contributed by atoms with van der Waals surface area (Å²) in [4.78, 5) is 4.51. The Kier molecular flexibility index (Phi) is 1.98. The lowest BCUT2D eigenvalue weighted by Crippen LogP contribution is -2.37. The number of amidine groups is 1. The molecule has 3 nitrogen and oxygen atoms in total. The molecule has 3 aliphatic rings. The number of hydrogen-bond donors (Lipinski definition) is 1. The first kappa shape index (κ1) is 9.49. The zero-order chi connectivity index (χ0) is 10.4. The number of nitrogens with two attached hydrogens (primary N) is 1. The van der Waals surface area contributed by atoms with Crippen LogP contribution in [-0.2, 0) is 4.74 Å². The van der Waals surface area contributed by atoms with Crippen LogP contribution in [0.15, 0.2) is 4.99 Å². The van der Waals surface area contributed by atoms with Gasteiger partial charge in [0.15, 0.2) is 0 Å². The molecule has 0 atom stereocenters. The highest BCUT2D eigenvalue weighted by molar-refractivity contribution is 5.73. The highest BCUT2D eigenvalue weighted by atomic mass is 16.5. The van der Waals surface area contributed by atoms with Crippen molar-refractivity contribution >= 4 is 6.02 Å². The van der Waals surface area contributed by atoms with Crippen LogP contribution in [0.5, 0.6) is 0 Å². The molecule has 1 aliphatic heterocycles. The van der Waals surface area contributed by atoms with Crippen LogP contribution < -0.4 is 5.73 Å². The molecule has 0 unspecified atom stereocenters. The summed E-state index contributed by atoms with van der Waals surface area (Å²) < 4.78 is 5.32. The van der Waals surface area contributed by atoms with Crippen LogP contribution in [0.4, 0.5) is 0 Å². The summed E-state index contributed by atoms with van der Waals surface area (Å²) >= 11 is 0. The number of aliphatic imine (C=N–C) groups is 1. The molecule has 84 valence electrons. The van der Waals surface area contributed by atoms with Gasteiger partial charge in [-0.2, -0.15) is 0 Å². The number of rotatable bonds is 0. The standard InChI is InChI=1S/C12H20N2O/c13-10-14-12(9-15-10)7-5-11(6-8-12)3-1-2-4-11/h1-9H2,(H2,13,14). The van der Waals surface area contributed by atoms with Crippen LogP contribution >= 0.6 is 0 Å². The van der Waals surface area contributed by atoms with E-state index in [0.29, 0.717) is 11.4 Å². The van der Waals surface area contributed by atoms with Crippen molar-refractivity contribution in [1.29, 1.82) is 0 Å². The van der Waals surface area contributed by atoms with Crippen molar-refractivity contribution in [1.82, 2.24) is 0 Å². The van der Waals surface area contributed by atoms with Crippen molar-refractivity contribution in [2.45, 2.75) is 56.9 Å². The van der Waals surface area contributed by atoms with Gasteiger partial charge in [0.25, 0.3) is 6.02 Å². The summed E-state index contributed by atoms with van der Waals surface area (Å²) in [5.41, 5.74) is 6.36. The average molecular weight is 208 g/mol. The molecular weight excluding hydrogens is 188 g/mol. The molecule has 0 bridgehead atoms. The molecule has 2 saturated carbocycles. The molecule has 2 N–H and O–H groups in total. The van der Waals surface area contributed by atoms with Gasteiger partial charge in [-0.3, -0.25) is 0 Å². The largest absolute Gasteiger partial charge is 0.463 e. The number of hydrogen-bond acceptors (Lipinski definition) is 3. The van der Waals surface area contributed by atoms with Gasteiger partial charge >= 0.3 is 0 Å². The fourth-order valence-electron chi connectivity index (χ4n) is 3.63. The fourth-order valence-corrected chi connectivity index (χ4v) is 3.63.